The van der Waals surface area contributed by atoms with Gasteiger partial charge in [-0.3, -0.25) is 14.8 Å². The van der Waals surface area contributed by atoms with Crippen molar-refractivity contribution in [3.05, 3.63) is 59.9 Å². The average molecular weight is 396 g/mol. The van der Waals surface area contributed by atoms with Gasteiger partial charge < -0.3 is 20.7 Å². The fourth-order valence-corrected chi connectivity index (χ4v) is 3.35. The maximum Gasteiger partial charge on any atom is 0.252 e. The molecule has 1 aromatic heterocycles. The lowest BCUT2D eigenvalue weighted by Crippen LogP contribution is -2.45. The molecule has 3 rings (SSSR count). The van der Waals surface area contributed by atoms with Crippen molar-refractivity contribution >= 4 is 11.9 Å². The molecule has 0 aliphatic carbocycles. The van der Waals surface area contributed by atoms with E-state index in [-0.39, 0.29) is 17.6 Å². The quantitative estimate of drug-likeness (QED) is 0.398. The van der Waals surface area contributed by atoms with Crippen molar-refractivity contribution in [2.45, 2.75) is 38.8 Å². The smallest absolute Gasteiger partial charge is 0.252 e. The summed E-state index contributed by atoms with van der Waals surface area (Å²) in [5, 5.41) is 9.68. The molecule has 1 aromatic carbocycles. The normalized spacial score (nSPS) is 17.6. The lowest BCUT2D eigenvalue weighted by Gasteiger charge is -2.38. The molecule has 0 spiro atoms. The van der Waals surface area contributed by atoms with Crippen molar-refractivity contribution < 1.29 is 9.53 Å². The van der Waals surface area contributed by atoms with E-state index in [0.29, 0.717) is 18.7 Å². The van der Waals surface area contributed by atoms with Crippen molar-refractivity contribution in [1.82, 2.24) is 20.9 Å². The molecule has 0 fully saturated rings. The summed E-state index contributed by atoms with van der Waals surface area (Å²) in [7, 11) is 0. The minimum absolute atomic E-state index is 0.0951. The van der Waals surface area contributed by atoms with Gasteiger partial charge in [0, 0.05) is 37.5 Å². The molecule has 3 N–H and O–H groups in total. The Morgan fingerprint density at radius 3 is 2.83 bits per heavy atom. The first-order chi connectivity index (χ1) is 14.0. The molecule has 1 unspecified atom stereocenters. The van der Waals surface area contributed by atoms with E-state index in [1.54, 1.807) is 24.5 Å². The maximum atomic E-state index is 12.1. The number of amides is 1. The Morgan fingerprint density at radius 1 is 1.24 bits per heavy atom. The Labute approximate surface area is 172 Å². The third kappa shape index (κ3) is 5.70. The highest BCUT2D eigenvalue weighted by molar-refractivity contribution is 5.93. The van der Waals surface area contributed by atoms with Gasteiger partial charge in [0.2, 0.25) is 0 Å². The third-order valence-electron chi connectivity index (χ3n) is 4.62. The number of hydrogen-bond donors (Lipinski definition) is 3. The van der Waals surface area contributed by atoms with Crippen molar-refractivity contribution in [3.63, 3.8) is 0 Å². The van der Waals surface area contributed by atoms with Crippen LogP contribution in [0.1, 0.15) is 49.2 Å². The van der Waals surface area contributed by atoms with Crippen molar-refractivity contribution in [1.29, 1.82) is 0 Å². The molecule has 7 heteroatoms. The van der Waals surface area contributed by atoms with E-state index in [2.05, 4.69) is 45.8 Å². The lowest BCUT2D eigenvalue weighted by atomic mass is 9.90. The number of nitrogens with zero attached hydrogens (tertiary/aromatic N) is 2. The molecule has 1 aliphatic rings. The molecule has 1 aliphatic heterocycles. The van der Waals surface area contributed by atoms with Gasteiger partial charge in [-0.2, -0.15) is 0 Å². The number of fused-ring (bicyclic) bond motifs is 1. The number of ether oxygens (including phenoxy) is 1. The van der Waals surface area contributed by atoms with Crippen molar-refractivity contribution in [3.8, 4) is 5.75 Å². The summed E-state index contributed by atoms with van der Waals surface area (Å²) < 4.78 is 6.11. The molecule has 2 aromatic rings. The minimum atomic E-state index is -0.263. The average Bonchev–Trinajstić information content (AvgIpc) is 2.71. The summed E-state index contributed by atoms with van der Waals surface area (Å²) in [6.45, 7) is 7.88. The molecular weight excluding hydrogens is 366 g/mol. The van der Waals surface area contributed by atoms with Crippen LogP contribution >= 0.6 is 0 Å². The largest absolute Gasteiger partial charge is 0.487 e. The topological polar surface area (TPSA) is 87.6 Å². The van der Waals surface area contributed by atoms with Crippen molar-refractivity contribution in [2.75, 3.05) is 19.6 Å². The molecular formula is C22H29N5O2. The summed E-state index contributed by atoms with van der Waals surface area (Å²) >= 11 is 0. The standard InChI is InChI=1S/C22H29N5O2/c1-4-24-21(26-13-12-25-20(28)16-8-7-11-23-15-16)27-18-14-22(2,3)29-19-10-6-5-9-17(18)19/h5-11,15,18H,4,12-14H2,1-3H3,(H,25,28)(H2,24,26,27). The summed E-state index contributed by atoms with van der Waals surface area (Å²) in [6.07, 6.45) is 4.02. The van der Waals surface area contributed by atoms with Gasteiger partial charge >= 0.3 is 0 Å². The van der Waals surface area contributed by atoms with E-state index in [9.17, 15) is 4.79 Å². The van der Waals surface area contributed by atoms with E-state index >= 15 is 0 Å². The predicted octanol–water partition coefficient (Wildman–Crippen LogP) is 2.67. The number of aromatic nitrogens is 1. The second-order valence-corrected chi connectivity index (χ2v) is 7.56. The Hall–Kier alpha value is -3.09. The number of carbonyl (C=O) groups excluding carboxylic acids is 1. The molecule has 7 nitrogen and oxygen atoms in total. The zero-order chi connectivity index (χ0) is 20.7. The predicted molar refractivity (Wildman–Crippen MR) is 114 cm³/mol. The van der Waals surface area contributed by atoms with E-state index in [4.69, 9.17) is 4.74 Å². The summed E-state index contributed by atoms with van der Waals surface area (Å²) in [5.41, 5.74) is 1.41. The van der Waals surface area contributed by atoms with E-state index in [0.717, 1.165) is 30.2 Å². The molecule has 29 heavy (non-hydrogen) atoms. The SMILES string of the molecule is CCNC(=NCCNC(=O)c1cccnc1)NC1CC(C)(C)Oc2ccccc21. The van der Waals surface area contributed by atoms with Crippen LogP contribution in [0, 0.1) is 0 Å². The Kier molecular flexibility index (Phi) is 6.69. The fraction of sp³-hybridized carbons (Fsp3) is 0.409. The number of carbonyl (C=O) groups is 1. The number of guanidine groups is 1. The second-order valence-electron chi connectivity index (χ2n) is 7.56. The first-order valence-corrected chi connectivity index (χ1v) is 9.99. The van der Waals surface area contributed by atoms with E-state index < -0.39 is 0 Å². The molecule has 154 valence electrons. The number of benzene rings is 1. The second kappa shape index (κ2) is 9.41. The zero-order valence-electron chi connectivity index (χ0n) is 17.2. The monoisotopic (exact) mass is 395 g/mol. The number of para-hydroxylation sites is 1. The van der Waals surface area contributed by atoms with Gasteiger partial charge in [0.1, 0.15) is 11.4 Å². The van der Waals surface area contributed by atoms with Crippen LogP contribution in [0.25, 0.3) is 0 Å². The van der Waals surface area contributed by atoms with Gasteiger partial charge in [0.05, 0.1) is 18.2 Å². The number of rotatable bonds is 6. The van der Waals surface area contributed by atoms with Gasteiger partial charge in [-0.05, 0) is 39.0 Å². The van der Waals surface area contributed by atoms with Gasteiger partial charge in [0.25, 0.3) is 5.91 Å². The Bertz CT molecular complexity index is 851. The van der Waals surface area contributed by atoms with Gasteiger partial charge in [-0.15, -0.1) is 0 Å². The lowest BCUT2D eigenvalue weighted by molar-refractivity contribution is 0.0694. The van der Waals surface area contributed by atoms with Crippen LogP contribution in [0.3, 0.4) is 0 Å². The third-order valence-corrected chi connectivity index (χ3v) is 4.62. The molecule has 1 atom stereocenters. The highest BCUT2D eigenvalue weighted by Gasteiger charge is 2.33. The Balaban J connectivity index is 1.61. The molecule has 0 bridgehead atoms. The minimum Gasteiger partial charge on any atom is -0.487 e. The van der Waals surface area contributed by atoms with Crippen LogP contribution in [0.2, 0.25) is 0 Å². The fourth-order valence-electron chi connectivity index (χ4n) is 3.35. The van der Waals surface area contributed by atoms with Crippen LogP contribution in [-0.2, 0) is 0 Å². The number of hydrogen-bond acceptors (Lipinski definition) is 4. The highest BCUT2D eigenvalue weighted by atomic mass is 16.5. The highest BCUT2D eigenvalue weighted by Crippen LogP contribution is 2.39. The molecule has 0 saturated heterocycles. The number of nitrogens with one attached hydrogen (secondary N) is 3. The van der Waals surface area contributed by atoms with Crippen LogP contribution in [0.5, 0.6) is 5.75 Å². The van der Waals surface area contributed by atoms with Crippen LogP contribution < -0.4 is 20.7 Å². The first-order valence-electron chi connectivity index (χ1n) is 9.99. The summed E-state index contributed by atoms with van der Waals surface area (Å²) in [5.74, 6) is 1.48. The molecule has 0 saturated carbocycles. The number of pyridine rings is 1. The first kappa shape index (κ1) is 20.6. The Morgan fingerprint density at radius 2 is 2.07 bits per heavy atom. The molecule has 1 amide bonds. The number of aliphatic imine (C=N–C) groups is 1. The van der Waals surface area contributed by atoms with Gasteiger partial charge in [-0.25, -0.2) is 0 Å². The molecule has 2 heterocycles. The maximum absolute atomic E-state index is 12.1. The zero-order valence-corrected chi connectivity index (χ0v) is 17.2. The molecule has 0 radical (unpaired) electrons. The van der Waals surface area contributed by atoms with Crippen LogP contribution in [-0.4, -0.2) is 42.1 Å². The van der Waals surface area contributed by atoms with Crippen molar-refractivity contribution in [2.24, 2.45) is 4.99 Å². The van der Waals surface area contributed by atoms with Crippen LogP contribution in [0.4, 0.5) is 0 Å². The van der Waals surface area contributed by atoms with E-state index in [1.807, 2.05) is 25.1 Å². The van der Waals surface area contributed by atoms with E-state index in [1.165, 1.54) is 0 Å². The summed E-state index contributed by atoms with van der Waals surface area (Å²) in [4.78, 5) is 20.7. The summed E-state index contributed by atoms with van der Waals surface area (Å²) in [6, 6.07) is 11.7. The van der Waals surface area contributed by atoms with Crippen LogP contribution in [0.15, 0.2) is 53.8 Å². The van der Waals surface area contributed by atoms with Gasteiger partial charge in [-0.1, -0.05) is 18.2 Å². The van der Waals surface area contributed by atoms with Gasteiger partial charge in [0.15, 0.2) is 5.96 Å².